The number of benzene rings is 3. The summed E-state index contributed by atoms with van der Waals surface area (Å²) in [7, 11) is 0. The number of rotatable bonds is 6. The Morgan fingerprint density at radius 3 is 2.53 bits per heavy atom. The fraction of sp³-hybridized carbons (Fsp3) is 0.0455. The van der Waals surface area contributed by atoms with E-state index in [0.29, 0.717) is 5.75 Å². The van der Waals surface area contributed by atoms with Crippen molar-refractivity contribution in [2.75, 3.05) is 11.1 Å². The van der Waals surface area contributed by atoms with Crippen molar-refractivity contribution in [1.82, 2.24) is 13.8 Å². The zero-order valence-electron chi connectivity index (χ0n) is 15.7. The number of nitrogens with one attached hydrogen (secondary N) is 1. The zero-order valence-corrected chi connectivity index (χ0v) is 17.3. The SMILES string of the molecule is O=C(CSc1nsc2nc3ccccc3n12)Nc1ccc(Oc2ccccc2)cc1. The standard InChI is InChI=1S/C22H16N4O2S2/c27-20(23-15-10-12-17(13-11-15)28-16-6-2-1-3-7-16)14-29-22-25-30-21-24-18-8-4-5-9-19(18)26(21)22/h1-13H,14H2,(H,23,27). The fourth-order valence-corrected chi connectivity index (χ4v) is 4.69. The van der Waals surface area contributed by atoms with E-state index in [0.717, 1.165) is 32.6 Å². The van der Waals surface area contributed by atoms with E-state index < -0.39 is 0 Å². The van der Waals surface area contributed by atoms with E-state index in [9.17, 15) is 4.79 Å². The Kier molecular flexibility index (Phi) is 5.08. The Labute approximate surface area is 180 Å². The van der Waals surface area contributed by atoms with E-state index >= 15 is 0 Å². The predicted octanol–water partition coefficient (Wildman–Crippen LogP) is 5.47. The smallest absolute Gasteiger partial charge is 0.234 e. The Morgan fingerprint density at radius 2 is 1.70 bits per heavy atom. The lowest BCUT2D eigenvalue weighted by Crippen LogP contribution is -2.14. The van der Waals surface area contributed by atoms with Crippen molar-refractivity contribution in [3.63, 3.8) is 0 Å². The highest BCUT2D eigenvalue weighted by molar-refractivity contribution is 7.99. The van der Waals surface area contributed by atoms with Gasteiger partial charge in [-0.3, -0.25) is 9.20 Å². The molecule has 2 aromatic heterocycles. The van der Waals surface area contributed by atoms with Crippen molar-refractivity contribution in [3.8, 4) is 11.5 Å². The predicted molar refractivity (Wildman–Crippen MR) is 121 cm³/mol. The van der Waals surface area contributed by atoms with Crippen molar-refractivity contribution in [2.45, 2.75) is 5.16 Å². The van der Waals surface area contributed by atoms with Gasteiger partial charge in [-0.15, -0.1) is 0 Å². The van der Waals surface area contributed by atoms with E-state index in [-0.39, 0.29) is 11.7 Å². The Balaban J connectivity index is 1.22. The molecule has 8 heteroatoms. The van der Waals surface area contributed by atoms with E-state index in [1.807, 2.05) is 83.3 Å². The summed E-state index contributed by atoms with van der Waals surface area (Å²) in [5.74, 6) is 1.65. The molecule has 30 heavy (non-hydrogen) atoms. The van der Waals surface area contributed by atoms with Gasteiger partial charge in [-0.25, -0.2) is 4.98 Å². The number of hydrogen-bond acceptors (Lipinski definition) is 6. The second-order valence-electron chi connectivity index (χ2n) is 6.46. The molecule has 0 fully saturated rings. The number of fused-ring (bicyclic) bond motifs is 3. The summed E-state index contributed by atoms with van der Waals surface area (Å²) in [5.41, 5.74) is 2.64. The normalized spacial score (nSPS) is 11.1. The Bertz CT molecular complexity index is 1310. The number of nitrogens with zero attached hydrogens (tertiary/aromatic N) is 3. The number of ether oxygens (including phenoxy) is 1. The molecular weight excluding hydrogens is 416 g/mol. The molecular formula is C22H16N4O2S2. The van der Waals surface area contributed by atoms with Crippen LogP contribution in [0, 0.1) is 0 Å². The van der Waals surface area contributed by atoms with Crippen molar-refractivity contribution in [2.24, 2.45) is 0 Å². The molecule has 1 amide bonds. The third kappa shape index (κ3) is 3.87. The lowest BCUT2D eigenvalue weighted by atomic mass is 10.3. The summed E-state index contributed by atoms with van der Waals surface area (Å²) in [5, 5.41) is 3.68. The highest BCUT2D eigenvalue weighted by Gasteiger charge is 2.14. The summed E-state index contributed by atoms with van der Waals surface area (Å²) in [6, 6.07) is 24.8. The molecule has 5 rings (SSSR count). The van der Waals surface area contributed by atoms with Gasteiger partial charge in [-0.2, -0.15) is 4.37 Å². The molecule has 0 aliphatic carbocycles. The summed E-state index contributed by atoms with van der Waals surface area (Å²) >= 11 is 2.73. The number of para-hydroxylation sites is 3. The van der Waals surface area contributed by atoms with Gasteiger partial charge in [0, 0.05) is 17.2 Å². The molecule has 0 atom stereocenters. The number of carbonyl (C=O) groups excluding carboxylic acids is 1. The van der Waals surface area contributed by atoms with Crippen LogP contribution in [0.2, 0.25) is 0 Å². The average molecular weight is 433 g/mol. The van der Waals surface area contributed by atoms with E-state index in [4.69, 9.17) is 4.74 Å². The Hall–Kier alpha value is -3.36. The number of anilines is 1. The van der Waals surface area contributed by atoms with Gasteiger partial charge in [-0.05, 0) is 48.5 Å². The first-order valence-corrected chi connectivity index (χ1v) is 11.0. The van der Waals surface area contributed by atoms with E-state index in [2.05, 4.69) is 14.7 Å². The van der Waals surface area contributed by atoms with Gasteiger partial charge in [0.25, 0.3) is 0 Å². The van der Waals surface area contributed by atoms with Gasteiger partial charge in [0.15, 0.2) is 5.16 Å². The molecule has 0 aliphatic rings. The lowest BCUT2D eigenvalue weighted by Gasteiger charge is -2.08. The van der Waals surface area contributed by atoms with Crippen molar-refractivity contribution >= 4 is 50.9 Å². The molecule has 0 saturated carbocycles. The largest absolute Gasteiger partial charge is 0.457 e. The fourth-order valence-electron chi connectivity index (χ4n) is 3.02. The van der Waals surface area contributed by atoms with Crippen LogP contribution in [0.4, 0.5) is 5.69 Å². The van der Waals surface area contributed by atoms with Gasteiger partial charge in [0.05, 0.1) is 16.8 Å². The van der Waals surface area contributed by atoms with Crippen LogP contribution >= 0.6 is 23.3 Å². The molecule has 0 saturated heterocycles. The highest BCUT2D eigenvalue weighted by Crippen LogP contribution is 2.27. The third-order valence-corrected chi connectivity index (χ3v) is 6.13. The summed E-state index contributed by atoms with van der Waals surface area (Å²) < 4.78 is 12.2. The van der Waals surface area contributed by atoms with Gasteiger partial charge in [0.1, 0.15) is 11.5 Å². The van der Waals surface area contributed by atoms with E-state index in [1.165, 1.54) is 23.3 Å². The number of hydrogen-bond donors (Lipinski definition) is 1. The summed E-state index contributed by atoms with van der Waals surface area (Å²) in [6.45, 7) is 0. The van der Waals surface area contributed by atoms with Crippen LogP contribution in [-0.2, 0) is 4.79 Å². The first-order valence-electron chi connectivity index (χ1n) is 9.25. The first kappa shape index (κ1) is 18.7. The Morgan fingerprint density at radius 1 is 0.967 bits per heavy atom. The maximum atomic E-state index is 12.4. The van der Waals surface area contributed by atoms with Crippen LogP contribution < -0.4 is 10.1 Å². The van der Waals surface area contributed by atoms with Crippen LogP contribution in [0.15, 0.2) is 84.0 Å². The van der Waals surface area contributed by atoms with Gasteiger partial charge >= 0.3 is 0 Å². The number of aromatic nitrogens is 3. The number of amides is 1. The van der Waals surface area contributed by atoms with Crippen molar-refractivity contribution in [1.29, 1.82) is 0 Å². The molecule has 0 spiro atoms. The maximum absolute atomic E-state index is 12.4. The minimum absolute atomic E-state index is 0.0951. The molecule has 148 valence electrons. The first-order chi connectivity index (χ1) is 14.8. The van der Waals surface area contributed by atoms with Crippen LogP contribution in [0.3, 0.4) is 0 Å². The molecule has 3 aromatic carbocycles. The van der Waals surface area contributed by atoms with Gasteiger partial charge in [-0.1, -0.05) is 42.1 Å². The van der Waals surface area contributed by atoms with Gasteiger partial charge < -0.3 is 10.1 Å². The third-order valence-electron chi connectivity index (χ3n) is 4.38. The molecule has 1 N–H and O–H groups in total. The minimum Gasteiger partial charge on any atom is -0.457 e. The van der Waals surface area contributed by atoms with Crippen LogP contribution in [0.5, 0.6) is 11.5 Å². The number of carbonyl (C=O) groups is 1. The molecule has 2 heterocycles. The zero-order chi connectivity index (χ0) is 20.3. The quantitative estimate of drug-likeness (QED) is 0.361. The molecule has 0 radical (unpaired) electrons. The lowest BCUT2D eigenvalue weighted by molar-refractivity contribution is -0.113. The summed E-state index contributed by atoms with van der Waals surface area (Å²) in [4.78, 5) is 17.8. The highest BCUT2D eigenvalue weighted by atomic mass is 32.2. The monoisotopic (exact) mass is 432 g/mol. The van der Waals surface area contributed by atoms with Crippen LogP contribution in [-0.4, -0.2) is 25.4 Å². The molecule has 0 unspecified atom stereocenters. The van der Waals surface area contributed by atoms with E-state index in [1.54, 1.807) is 0 Å². The minimum atomic E-state index is -0.0951. The molecule has 0 bridgehead atoms. The number of imidazole rings is 1. The van der Waals surface area contributed by atoms with Crippen LogP contribution in [0.1, 0.15) is 0 Å². The average Bonchev–Trinajstić information content (AvgIpc) is 3.34. The molecule has 5 aromatic rings. The second kappa shape index (κ2) is 8.17. The maximum Gasteiger partial charge on any atom is 0.234 e. The summed E-state index contributed by atoms with van der Waals surface area (Å²) in [6.07, 6.45) is 0. The van der Waals surface area contributed by atoms with Crippen LogP contribution in [0.25, 0.3) is 16.0 Å². The van der Waals surface area contributed by atoms with Crippen molar-refractivity contribution < 1.29 is 9.53 Å². The molecule has 6 nitrogen and oxygen atoms in total. The molecule has 0 aliphatic heterocycles. The number of thioether (sulfide) groups is 1. The van der Waals surface area contributed by atoms with Crippen molar-refractivity contribution in [3.05, 3.63) is 78.9 Å². The second-order valence-corrected chi connectivity index (χ2v) is 8.13. The van der Waals surface area contributed by atoms with Gasteiger partial charge in [0.2, 0.25) is 10.9 Å². The topological polar surface area (TPSA) is 68.5 Å².